The van der Waals surface area contributed by atoms with Gasteiger partial charge in [-0.15, -0.1) is 11.3 Å². The van der Waals surface area contributed by atoms with Crippen LogP contribution in [0.4, 0.5) is 10.1 Å². The minimum absolute atomic E-state index is 0.146. The van der Waals surface area contributed by atoms with Gasteiger partial charge in [0.1, 0.15) is 15.7 Å². The number of aryl methyl sites for hydroxylation is 2. The van der Waals surface area contributed by atoms with Crippen molar-refractivity contribution < 1.29 is 14.0 Å². The van der Waals surface area contributed by atoms with Gasteiger partial charge in [0.15, 0.2) is 0 Å². The molecule has 0 atom stereocenters. The van der Waals surface area contributed by atoms with Gasteiger partial charge in [0.2, 0.25) is 5.91 Å². The number of benzene rings is 2. The van der Waals surface area contributed by atoms with Crippen molar-refractivity contribution in [3.8, 4) is 10.6 Å². The fourth-order valence-corrected chi connectivity index (χ4v) is 3.90. The molecule has 0 bridgehead atoms. The summed E-state index contributed by atoms with van der Waals surface area (Å²) >= 11 is 1.31. The van der Waals surface area contributed by atoms with Crippen LogP contribution in [0.5, 0.6) is 0 Å². The van der Waals surface area contributed by atoms with Crippen LogP contribution in [-0.4, -0.2) is 35.3 Å². The summed E-state index contributed by atoms with van der Waals surface area (Å²) in [6.07, 6.45) is 0.962. The number of hydrogen-bond donors (Lipinski definition) is 1. The first-order valence-corrected chi connectivity index (χ1v) is 10.1. The summed E-state index contributed by atoms with van der Waals surface area (Å²) in [6.45, 7) is 3.74. The quantitative estimate of drug-likeness (QED) is 0.648. The topological polar surface area (TPSA) is 62.3 Å². The van der Waals surface area contributed by atoms with E-state index >= 15 is 0 Å². The standard InChI is InChI=1S/C22H22FN3O2S/c1-4-15-8-10-16(11-9-15)21-24-14(2)20(29-21)22(28)26(3)13-19(27)25-18-7-5-6-17(23)12-18/h5-12H,4,13H2,1-3H3,(H,25,27). The van der Waals surface area contributed by atoms with Crippen LogP contribution in [0, 0.1) is 12.7 Å². The van der Waals surface area contributed by atoms with E-state index in [1.807, 2.05) is 12.1 Å². The monoisotopic (exact) mass is 411 g/mol. The van der Waals surface area contributed by atoms with Gasteiger partial charge < -0.3 is 10.2 Å². The highest BCUT2D eigenvalue weighted by molar-refractivity contribution is 7.17. The number of hydrogen-bond acceptors (Lipinski definition) is 4. The molecule has 0 unspecified atom stereocenters. The zero-order chi connectivity index (χ0) is 21.0. The van der Waals surface area contributed by atoms with Gasteiger partial charge in [0.05, 0.1) is 12.2 Å². The van der Waals surface area contributed by atoms with Crippen molar-refractivity contribution in [1.82, 2.24) is 9.88 Å². The highest BCUT2D eigenvalue weighted by Crippen LogP contribution is 2.29. The first kappa shape index (κ1) is 20.7. The SMILES string of the molecule is CCc1ccc(-c2nc(C)c(C(=O)N(C)CC(=O)Nc3cccc(F)c3)s2)cc1. The normalized spacial score (nSPS) is 10.6. The van der Waals surface area contributed by atoms with Crippen molar-refractivity contribution in [2.75, 3.05) is 18.9 Å². The first-order valence-electron chi connectivity index (χ1n) is 9.25. The first-order chi connectivity index (χ1) is 13.9. The molecule has 0 saturated carbocycles. The lowest BCUT2D eigenvalue weighted by Crippen LogP contribution is -2.34. The number of amides is 2. The van der Waals surface area contributed by atoms with E-state index < -0.39 is 11.7 Å². The van der Waals surface area contributed by atoms with Crippen LogP contribution in [0.3, 0.4) is 0 Å². The molecule has 1 N–H and O–H groups in total. The third-order valence-corrected chi connectivity index (χ3v) is 5.63. The van der Waals surface area contributed by atoms with Gasteiger partial charge in [0.25, 0.3) is 5.91 Å². The maximum absolute atomic E-state index is 13.2. The smallest absolute Gasteiger partial charge is 0.266 e. The summed E-state index contributed by atoms with van der Waals surface area (Å²) in [5, 5.41) is 3.36. The molecule has 1 aromatic heterocycles. The molecule has 150 valence electrons. The minimum Gasteiger partial charge on any atom is -0.332 e. The van der Waals surface area contributed by atoms with E-state index in [2.05, 4.69) is 29.4 Å². The lowest BCUT2D eigenvalue weighted by molar-refractivity contribution is -0.116. The molecule has 3 rings (SSSR count). The van der Waals surface area contributed by atoms with E-state index in [0.29, 0.717) is 16.3 Å². The Hall–Kier alpha value is -3.06. The maximum Gasteiger partial charge on any atom is 0.266 e. The Kier molecular flexibility index (Phi) is 6.39. The lowest BCUT2D eigenvalue weighted by atomic mass is 10.1. The number of likely N-dealkylation sites (N-methyl/N-ethyl adjacent to an activating group) is 1. The van der Waals surface area contributed by atoms with Gasteiger partial charge in [0, 0.05) is 18.3 Å². The van der Waals surface area contributed by atoms with Gasteiger partial charge in [-0.3, -0.25) is 9.59 Å². The summed E-state index contributed by atoms with van der Waals surface area (Å²) in [5.41, 5.74) is 3.18. The molecule has 0 saturated heterocycles. The van der Waals surface area contributed by atoms with Gasteiger partial charge in [-0.25, -0.2) is 9.37 Å². The molecule has 0 aliphatic carbocycles. The number of nitrogens with one attached hydrogen (secondary N) is 1. The Balaban J connectivity index is 1.69. The van der Waals surface area contributed by atoms with E-state index in [-0.39, 0.29) is 12.5 Å². The van der Waals surface area contributed by atoms with Gasteiger partial charge in [-0.05, 0) is 37.1 Å². The zero-order valence-corrected chi connectivity index (χ0v) is 17.3. The molecule has 0 aliphatic rings. The van der Waals surface area contributed by atoms with Crippen molar-refractivity contribution >= 4 is 28.8 Å². The largest absolute Gasteiger partial charge is 0.332 e. The highest BCUT2D eigenvalue weighted by Gasteiger charge is 2.21. The van der Waals surface area contributed by atoms with Gasteiger partial charge in [-0.1, -0.05) is 37.3 Å². The van der Waals surface area contributed by atoms with Gasteiger partial charge in [-0.2, -0.15) is 0 Å². The number of rotatable bonds is 6. The second-order valence-corrected chi connectivity index (χ2v) is 7.70. The molecule has 0 aliphatic heterocycles. The second kappa shape index (κ2) is 8.96. The zero-order valence-electron chi connectivity index (χ0n) is 16.5. The molecule has 5 nitrogen and oxygen atoms in total. The van der Waals surface area contributed by atoms with E-state index in [0.717, 1.165) is 17.0 Å². The molecule has 0 fully saturated rings. The molecule has 3 aromatic rings. The van der Waals surface area contributed by atoms with Crippen LogP contribution in [0.15, 0.2) is 48.5 Å². The summed E-state index contributed by atoms with van der Waals surface area (Å²) in [5.74, 6) is -1.11. The fraction of sp³-hybridized carbons (Fsp3) is 0.227. The van der Waals surface area contributed by atoms with Crippen LogP contribution in [0.25, 0.3) is 10.6 Å². The van der Waals surface area contributed by atoms with Crippen molar-refractivity contribution in [1.29, 1.82) is 0 Å². The number of carbonyl (C=O) groups is 2. The lowest BCUT2D eigenvalue weighted by Gasteiger charge is -2.16. The van der Waals surface area contributed by atoms with Gasteiger partial charge >= 0.3 is 0 Å². The van der Waals surface area contributed by atoms with Crippen molar-refractivity contribution in [3.05, 3.63) is 70.5 Å². The minimum atomic E-state index is -0.438. The predicted molar refractivity (Wildman–Crippen MR) is 114 cm³/mol. The maximum atomic E-state index is 13.2. The highest BCUT2D eigenvalue weighted by atomic mass is 32.1. The Bertz CT molecular complexity index is 1030. The van der Waals surface area contributed by atoms with Crippen LogP contribution < -0.4 is 5.32 Å². The summed E-state index contributed by atoms with van der Waals surface area (Å²) < 4.78 is 13.2. The molecular formula is C22H22FN3O2S. The van der Waals surface area contributed by atoms with E-state index in [9.17, 15) is 14.0 Å². The average Bonchev–Trinajstić information content (AvgIpc) is 3.09. The van der Waals surface area contributed by atoms with Crippen molar-refractivity contribution in [2.45, 2.75) is 20.3 Å². The van der Waals surface area contributed by atoms with Crippen LogP contribution in [-0.2, 0) is 11.2 Å². The van der Waals surface area contributed by atoms with Crippen molar-refractivity contribution in [3.63, 3.8) is 0 Å². The van der Waals surface area contributed by atoms with E-state index in [4.69, 9.17) is 0 Å². The van der Waals surface area contributed by atoms with E-state index in [1.54, 1.807) is 20.0 Å². The Morgan fingerprint density at radius 3 is 2.55 bits per heavy atom. The fourth-order valence-electron chi connectivity index (χ4n) is 2.83. The number of aromatic nitrogens is 1. The summed E-state index contributed by atoms with van der Waals surface area (Å²) in [7, 11) is 1.56. The number of thiazole rings is 1. The third kappa shape index (κ3) is 5.06. The molecule has 1 heterocycles. The van der Waals surface area contributed by atoms with Crippen molar-refractivity contribution in [2.24, 2.45) is 0 Å². The third-order valence-electron chi connectivity index (χ3n) is 4.44. The molecule has 2 amide bonds. The molecule has 7 heteroatoms. The molecule has 2 aromatic carbocycles. The summed E-state index contributed by atoms with van der Waals surface area (Å²) in [4.78, 5) is 31.4. The molecule has 0 spiro atoms. The Morgan fingerprint density at radius 2 is 1.90 bits per heavy atom. The number of anilines is 1. The number of halogens is 1. The van der Waals surface area contributed by atoms with Crippen LogP contribution >= 0.6 is 11.3 Å². The predicted octanol–water partition coefficient (Wildman–Crippen LogP) is 4.53. The number of nitrogens with zero attached hydrogens (tertiary/aromatic N) is 2. The Morgan fingerprint density at radius 1 is 1.17 bits per heavy atom. The average molecular weight is 412 g/mol. The van der Waals surface area contributed by atoms with E-state index in [1.165, 1.54) is 40.0 Å². The molecular weight excluding hydrogens is 389 g/mol. The second-order valence-electron chi connectivity index (χ2n) is 6.70. The number of carbonyl (C=O) groups excluding carboxylic acids is 2. The van der Waals surface area contributed by atoms with Crippen LogP contribution in [0.2, 0.25) is 0 Å². The van der Waals surface area contributed by atoms with Crippen LogP contribution in [0.1, 0.15) is 27.9 Å². The molecule has 29 heavy (non-hydrogen) atoms. The Labute approximate surface area is 173 Å². The summed E-state index contributed by atoms with van der Waals surface area (Å²) in [6, 6.07) is 13.7. The molecule has 0 radical (unpaired) electrons.